The third-order valence-electron chi connectivity index (χ3n) is 1.95. The minimum Gasteiger partial charge on any atom is -0.462 e. The highest BCUT2D eigenvalue weighted by molar-refractivity contribution is 5.94. The summed E-state index contributed by atoms with van der Waals surface area (Å²) in [5.74, 6) is -0.487. The van der Waals surface area contributed by atoms with Crippen LogP contribution in [0.25, 0.3) is 0 Å². The number of benzene rings is 1. The van der Waals surface area contributed by atoms with Gasteiger partial charge in [0.2, 0.25) is 0 Å². The van der Waals surface area contributed by atoms with Gasteiger partial charge in [0.05, 0.1) is 12.2 Å². The zero-order chi connectivity index (χ0) is 11.1. The lowest BCUT2D eigenvalue weighted by atomic mass is 10.2. The molecule has 1 aromatic rings. The van der Waals surface area contributed by atoms with Crippen LogP contribution in [-0.2, 0) is 4.74 Å². The van der Waals surface area contributed by atoms with E-state index in [4.69, 9.17) is 4.74 Å². The monoisotopic (exact) mass is 207 g/mol. The van der Waals surface area contributed by atoms with E-state index in [0.717, 1.165) is 12.8 Å². The highest BCUT2D eigenvalue weighted by Gasteiger charge is 2.11. The lowest BCUT2D eigenvalue weighted by molar-refractivity contribution is 0.0501. The van der Waals surface area contributed by atoms with Crippen LogP contribution in [0.2, 0.25) is 0 Å². The number of rotatable bonds is 5. The minimum absolute atomic E-state index is 0.124. The summed E-state index contributed by atoms with van der Waals surface area (Å²) in [6.07, 6.45) is 1.78. The molecule has 0 aliphatic rings. The van der Waals surface area contributed by atoms with E-state index in [1.165, 1.54) is 12.1 Å². The minimum atomic E-state index is -0.487. The van der Waals surface area contributed by atoms with Crippen molar-refractivity contribution in [1.82, 2.24) is 0 Å². The van der Waals surface area contributed by atoms with Gasteiger partial charge >= 0.3 is 5.97 Å². The summed E-state index contributed by atoms with van der Waals surface area (Å²) in [5.41, 5.74) is 0.350. The molecule has 0 radical (unpaired) electrons. The molecule has 0 bridgehead atoms. The van der Waals surface area contributed by atoms with Crippen LogP contribution >= 0.6 is 0 Å². The van der Waals surface area contributed by atoms with E-state index in [2.05, 4.69) is 5.18 Å². The number of esters is 1. The fourth-order valence-corrected chi connectivity index (χ4v) is 1.11. The standard InChI is InChI=1S/C11H13NO3/c1-2-3-8-15-11(13)9-6-4-5-7-10(9)12-14/h4-7H,2-3,8H2,1H3. The molecule has 0 aliphatic carbocycles. The summed E-state index contributed by atoms with van der Waals surface area (Å²) in [7, 11) is 0. The van der Waals surface area contributed by atoms with E-state index in [0.29, 0.717) is 6.61 Å². The maximum absolute atomic E-state index is 11.5. The first-order valence-corrected chi connectivity index (χ1v) is 4.89. The highest BCUT2D eigenvalue weighted by atomic mass is 16.5. The maximum Gasteiger partial charge on any atom is 0.340 e. The quantitative estimate of drug-likeness (QED) is 0.423. The fraction of sp³-hybridized carbons (Fsp3) is 0.364. The van der Waals surface area contributed by atoms with Gasteiger partial charge < -0.3 is 4.74 Å². The molecule has 0 spiro atoms. The molecule has 0 N–H and O–H groups in total. The Morgan fingerprint density at radius 1 is 1.40 bits per heavy atom. The van der Waals surface area contributed by atoms with Gasteiger partial charge in [0.15, 0.2) is 0 Å². The molecule has 4 heteroatoms. The number of nitroso groups, excluding NO2 is 1. The van der Waals surface area contributed by atoms with Crippen molar-refractivity contribution >= 4 is 11.7 Å². The van der Waals surface area contributed by atoms with Gasteiger partial charge in [-0.25, -0.2) is 4.79 Å². The molecule has 0 atom stereocenters. The molecule has 0 saturated carbocycles. The zero-order valence-electron chi connectivity index (χ0n) is 8.60. The van der Waals surface area contributed by atoms with Crippen LogP contribution in [-0.4, -0.2) is 12.6 Å². The summed E-state index contributed by atoms with van der Waals surface area (Å²) in [4.78, 5) is 21.9. The topological polar surface area (TPSA) is 55.7 Å². The van der Waals surface area contributed by atoms with Crippen LogP contribution in [0, 0.1) is 4.91 Å². The molecule has 0 saturated heterocycles. The van der Waals surface area contributed by atoms with Crippen molar-refractivity contribution in [3.63, 3.8) is 0 Å². The number of nitrogens with zero attached hydrogens (tertiary/aromatic N) is 1. The predicted octanol–water partition coefficient (Wildman–Crippen LogP) is 3.04. The number of hydrogen-bond donors (Lipinski definition) is 0. The summed E-state index contributed by atoms with van der Waals surface area (Å²) < 4.78 is 4.97. The van der Waals surface area contributed by atoms with Gasteiger partial charge in [-0.3, -0.25) is 0 Å². The van der Waals surface area contributed by atoms with Crippen LogP contribution in [0.15, 0.2) is 29.4 Å². The lowest BCUT2D eigenvalue weighted by Gasteiger charge is -2.04. The van der Waals surface area contributed by atoms with Gasteiger partial charge in [-0.15, -0.1) is 4.91 Å². The number of carbonyl (C=O) groups excluding carboxylic acids is 1. The molecular weight excluding hydrogens is 194 g/mol. The summed E-state index contributed by atoms with van der Waals surface area (Å²) in [6.45, 7) is 2.39. The van der Waals surface area contributed by atoms with E-state index < -0.39 is 5.97 Å². The van der Waals surface area contributed by atoms with Crippen molar-refractivity contribution < 1.29 is 9.53 Å². The van der Waals surface area contributed by atoms with Crippen molar-refractivity contribution in [3.05, 3.63) is 34.7 Å². The average Bonchev–Trinajstić information content (AvgIpc) is 2.29. The third kappa shape index (κ3) is 3.16. The number of carbonyl (C=O) groups is 1. The van der Waals surface area contributed by atoms with Gasteiger partial charge in [0.25, 0.3) is 0 Å². The smallest absolute Gasteiger partial charge is 0.340 e. The zero-order valence-corrected chi connectivity index (χ0v) is 8.60. The summed E-state index contributed by atoms with van der Waals surface area (Å²) in [5, 5.41) is 2.77. The Bertz CT molecular complexity index is 349. The molecule has 80 valence electrons. The summed E-state index contributed by atoms with van der Waals surface area (Å²) in [6, 6.07) is 6.35. The second-order valence-corrected chi connectivity index (χ2v) is 3.10. The molecule has 0 fully saturated rings. The lowest BCUT2D eigenvalue weighted by Crippen LogP contribution is -2.06. The SMILES string of the molecule is CCCCOC(=O)c1ccccc1N=O. The van der Waals surface area contributed by atoms with Crippen LogP contribution in [0.4, 0.5) is 5.69 Å². The van der Waals surface area contributed by atoms with Gasteiger partial charge in [0, 0.05) is 0 Å². The van der Waals surface area contributed by atoms with Crippen LogP contribution < -0.4 is 0 Å². The number of unbranched alkanes of at least 4 members (excludes halogenated alkanes) is 1. The molecular formula is C11H13NO3. The molecule has 0 amide bonds. The fourth-order valence-electron chi connectivity index (χ4n) is 1.11. The third-order valence-corrected chi connectivity index (χ3v) is 1.95. The molecule has 0 unspecified atom stereocenters. The number of hydrogen-bond acceptors (Lipinski definition) is 4. The van der Waals surface area contributed by atoms with Crippen molar-refractivity contribution in [2.24, 2.45) is 5.18 Å². The Labute approximate surface area is 88.2 Å². The highest BCUT2D eigenvalue weighted by Crippen LogP contribution is 2.18. The summed E-state index contributed by atoms with van der Waals surface area (Å²) >= 11 is 0. The molecule has 0 aliphatic heterocycles. The van der Waals surface area contributed by atoms with Gasteiger partial charge in [-0.05, 0) is 23.7 Å². The van der Waals surface area contributed by atoms with Crippen LogP contribution in [0.5, 0.6) is 0 Å². The van der Waals surface area contributed by atoms with E-state index >= 15 is 0 Å². The molecule has 4 nitrogen and oxygen atoms in total. The van der Waals surface area contributed by atoms with E-state index in [-0.39, 0.29) is 11.3 Å². The maximum atomic E-state index is 11.5. The van der Waals surface area contributed by atoms with E-state index in [1.807, 2.05) is 6.92 Å². The molecule has 1 aromatic carbocycles. The Kier molecular flexibility index (Phi) is 4.47. The van der Waals surface area contributed by atoms with Crippen molar-refractivity contribution in [1.29, 1.82) is 0 Å². The molecule has 1 rings (SSSR count). The van der Waals surface area contributed by atoms with Crippen molar-refractivity contribution in [2.75, 3.05) is 6.61 Å². The van der Waals surface area contributed by atoms with Gasteiger partial charge in [-0.1, -0.05) is 25.5 Å². The van der Waals surface area contributed by atoms with Gasteiger partial charge in [0.1, 0.15) is 5.69 Å². The average molecular weight is 207 g/mol. The first-order valence-electron chi connectivity index (χ1n) is 4.89. The van der Waals surface area contributed by atoms with Gasteiger partial charge in [-0.2, -0.15) is 0 Å². The molecule has 0 aromatic heterocycles. The second kappa shape index (κ2) is 5.90. The normalized spacial score (nSPS) is 9.67. The predicted molar refractivity (Wildman–Crippen MR) is 57.1 cm³/mol. The van der Waals surface area contributed by atoms with Crippen molar-refractivity contribution in [2.45, 2.75) is 19.8 Å². The largest absolute Gasteiger partial charge is 0.462 e. The van der Waals surface area contributed by atoms with Crippen LogP contribution in [0.3, 0.4) is 0 Å². The second-order valence-electron chi connectivity index (χ2n) is 3.10. The molecule has 15 heavy (non-hydrogen) atoms. The number of ether oxygens (including phenoxy) is 1. The van der Waals surface area contributed by atoms with Crippen LogP contribution in [0.1, 0.15) is 30.1 Å². The molecule has 0 heterocycles. The Hall–Kier alpha value is -1.71. The first kappa shape index (κ1) is 11.4. The van der Waals surface area contributed by atoms with E-state index in [1.54, 1.807) is 12.1 Å². The Morgan fingerprint density at radius 3 is 2.80 bits per heavy atom. The first-order chi connectivity index (χ1) is 7.29. The van der Waals surface area contributed by atoms with Crippen molar-refractivity contribution in [3.8, 4) is 0 Å². The van der Waals surface area contributed by atoms with E-state index in [9.17, 15) is 9.70 Å². The Morgan fingerprint density at radius 2 is 2.13 bits per heavy atom. The Balaban J connectivity index is 2.68.